The Hall–Kier alpha value is -2.78. The first-order valence-electron chi connectivity index (χ1n) is 8.72. The summed E-state index contributed by atoms with van der Waals surface area (Å²) in [7, 11) is 0. The van der Waals surface area contributed by atoms with Crippen LogP contribution in [-0.2, 0) is 14.4 Å². The molecule has 2 aliphatic heterocycles. The summed E-state index contributed by atoms with van der Waals surface area (Å²) >= 11 is 9.30. The molecule has 4 rings (SSSR count). The van der Waals surface area contributed by atoms with Crippen molar-refractivity contribution in [3.63, 3.8) is 0 Å². The molecule has 10 heteroatoms. The monoisotopic (exact) mass is 475 g/mol. The van der Waals surface area contributed by atoms with Crippen molar-refractivity contribution in [1.82, 2.24) is 5.01 Å². The first-order chi connectivity index (χ1) is 13.8. The summed E-state index contributed by atoms with van der Waals surface area (Å²) in [6.07, 6.45) is 0. The van der Waals surface area contributed by atoms with Crippen molar-refractivity contribution in [2.45, 2.75) is 19.0 Å². The van der Waals surface area contributed by atoms with Gasteiger partial charge in [0.2, 0.25) is 5.91 Å². The zero-order chi connectivity index (χ0) is 20.7. The second kappa shape index (κ2) is 7.57. The lowest BCUT2D eigenvalue weighted by Crippen LogP contribution is -2.43. The third-order valence-corrected chi connectivity index (χ3v) is 5.49. The van der Waals surface area contributed by atoms with Gasteiger partial charge in [-0.3, -0.25) is 19.4 Å². The highest BCUT2D eigenvalue weighted by Crippen LogP contribution is 2.32. The molecule has 2 aliphatic rings. The van der Waals surface area contributed by atoms with Crippen molar-refractivity contribution in [3.05, 3.63) is 57.5 Å². The van der Waals surface area contributed by atoms with Crippen LogP contribution in [0.25, 0.3) is 0 Å². The Kier molecular flexibility index (Phi) is 5.10. The largest absolute Gasteiger partial charge is 0.324 e. The van der Waals surface area contributed by atoms with Gasteiger partial charge in [-0.1, -0.05) is 38.8 Å². The van der Waals surface area contributed by atoms with Crippen LogP contribution in [0.3, 0.4) is 0 Å². The Morgan fingerprint density at radius 2 is 1.90 bits per heavy atom. The second-order valence-electron chi connectivity index (χ2n) is 6.69. The van der Waals surface area contributed by atoms with Crippen LogP contribution in [0, 0.1) is 6.92 Å². The number of nitrogens with zero attached hydrogens (tertiary/aromatic N) is 4. The van der Waals surface area contributed by atoms with Gasteiger partial charge in [0.25, 0.3) is 11.8 Å². The van der Waals surface area contributed by atoms with Gasteiger partial charge in [-0.15, -0.1) is 0 Å². The van der Waals surface area contributed by atoms with Crippen molar-refractivity contribution in [3.8, 4) is 0 Å². The lowest BCUT2D eigenvalue weighted by atomic mass is 10.1. The van der Waals surface area contributed by atoms with E-state index in [1.807, 2.05) is 6.92 Å². The van der Waals surface area contributed by atoms with Crippen LogP contribution in [0.15, 0.2) is 57.3 Å². The molecule has 2 atom stereocenters. The molecular weight excluding hydrogens is 462 g/mol. The molecule has 1 fully saturated rings. The highest BCUT2D eigenvalue weighted by Gasteiger charge is 2.55. The molecule has 0 unspecified atom stereocenters. The molecule has 1 saturated heterocycles. The van der Waals surface area contributed by atoms with E-state index >= 15 is 0 Å². The number of benzene rings is 2. The Morgan fingerprint density at radius 3 is 2.62 bits per heavy atom. The summed E-state index contributed by atoms with van der Waals surface area (Å²) < 4.78 is 0.829. The summed E-state index contributed by atoms with van der Waals surface area (Å²) in [5, 5.41) is 12.3. The average molecular weight is 477 g/mol. The summed E-state index contributed by atoms with van der Waals surface area (Å²) in [4.78, 5) is 39.2. The molecule has 0 aromatic heterocycles. The van der Waals surface area contributed by atoms with Crippen molar-refractivity contribution >= 4 is 56.6 Å². The number of amides is 3. The number of aryl methyl sites for hydroxylation is 1. The van der Waals surface area contributed by atoms with Crippen molar-refractivity contribution < 1.29 is 14.4 Å². The molecule has 0 bridgehead atoms. The molecule has 0 aliphatic carbocycles. The van der Waals surface area contributed by atoms with Gasteiger partial charge in [0.1, 0.15) is 6.54 Å². The highest BCUT2D eigenvalue weighted by atomic mass is 79.9. The number of carbonyl (C=O) groups is 3. The van der Waals surface area contributed by atoms with E-state index in [2.05, 4.69) is 31.6 Å². The van der Waals surface area contributed by atoms with E-state index < -0.39 is 29.8 Å². The summed E-state index contributed by atoms with van der Waals surface area (Å²) in [6, 6.07) is 10.1. The van der Waals surface area contributed by atoms with Gasteiger partial charge >= 0.3 is 0 Å². The molecule has 2 heterocycles. The van der Waals surface area contributed by atoms with Crippen LogP contribution in [-0.4, -0.2) is 41.4 Å². The van der Waals surface area contributed by atoms with Gasteiger partial charge in [0.15, 0.2) is 12.1 Å². The fourth-order valence-corrected chi connectivity index (χ4v) is 3.70. The van der Waals surface area contributed by atoms with Gasteiger partial charge in [0, 0.05) is 15.2 Å². The molecule has 1 N–H and O–H groups in total. The van der Waals surface area contributed by atoms with Gasteiger partial charge in [-0.2, -0.15) is 5.11 Å². The molecule has 0 spiro atoms. The molecule has 2 aromatic carbocycles. The first-order valence-corrected chi connectivity index (χ1v) is 9.89. The summed E-state index contributed by atoms with van der Waals surface area (Å²) in [5.74, 6) is -1.31. The number of hydrogen-bond acceptors (Lipinski definition) is 6. The molecule has 148 valence electrons. The smallest absolute Gasteiger partial charge is 0.263 e. The molecule has 3 amide bonds. The highest BCUT2D eigenvalue weighted by molar-refractivity contribution is 9.10. The minimum Gasteiger partial charge on any atom is -0.324 e. The first kappa shape index (κ1) is 19.5. The predicted molar refractivity (Wildman–Crippen MR) is 111 cm³/mol. The second-order valence-corrected chi connectivity index (χ2v) is 8.04. The van der Waals surface area contributed by atoms with E-state index in [9.17, 15) is 14.4 Å². The van der Waals surface area contributed by atoms with Gasteiger partial charge in [-0.05, 0) is 48.9 Å². The van der Waals surface area contributed by atoms with Crippen LogP contribution in [0.5, 0.6) is 0 Å². The van der Waals surface area contributed by atoms with Crippen LogP contribution in [0.1, 0.15) is 5.56 Å². The maximum absolute atomic E-state index is 12.9. The van der Waals surface area contributed by atoms with E-state index in [1.54, 1.807) is 42.5 Å². The number of rotatable bonds is 4. The number of nitrogens with one attached hydrogen (secondary N) is 1. The summed E-state index contributed by atoms with van der Waals surface area (Å²) in [6.45, 7) is 1.62. The lowest BCUT2D eigenvalue weighted by molar-refractivity contribution is -0.123. The zero-order valence-corrected chi connectivity index (χ0v) is 17.5. The normalized spacial score (nSPS) is 20.4. The summed E-state index contributed by atoms with van der Waals surface area (Å²) in [5.41, 5.74) is 1.87. The van der Waals surface area contributed by atoms with Crippen LogP contribution >= 0.6 is 27.5 Å². The van der Waals surface area contributed by atoms with Gasteiger partial charge < -0.3 is 5.32 Å². The van der Waals surface area contributed by atoms with Crippen molar-refractivity contribution in [2.24, 2.45) is 10.3 Å². The fourth-order valence-electron chi connectivity index (χ4n) is 3.26. The third kappa shape index (κ3) is 3.63. The fraction of sp³-hybridized carbons (Fsp3) is 0.211. The topological polar surface area (TPSA) is 94.4 Å². The molecule has 29 heavy (non-hydrogen) atoms. The average Bonchev–Trinajstić information content (AvgIpc) is 3.19. The molecule has 0 saturated carbocycles. The number of hydrogen-bond donors (Lipinski definition) is 1. The number of fused-ring (bicyclic) bond motifs is 1. The Labute approximate surface area is 179 Å². The predicted octanol–water partition coefficient (Wildman–Crippen LogP) is 3.34. The molecule has 8 nitrogen and oxygen atoms in total. The van der Waals surface area contributed by atoms with Crippen molar-refractivity contribution in [2.75, 3.05) is 16.8 Å². The van der Waals surface area contributed by atoms with E-state index in [1.165, 1.54) is 5.01 Å². The number of imide groups is 1. The molecule has 0 radical (unpaired) electrons. The van der Waals surface area contributed by atoms with Crippen molar-refractivity contribution in [1.29, 1.82) is 0 Å². The maximum atomic E-state index is 12.9. The number of carbonyl (C=O) groups excluding carboxylic acids is 3. The number of halogens is 2. The zero-order valence-electron chi connectivity index (χ0n) is 15.2. The number of anilines is 2. The molecule has 2 aromatic rings. The van der Waals surface area contributed by atoms with E-state index in [4.69, 9.17) is 11.6 Å². The molecular formula is C19H15BrClN5O3. The van der Waals surface area contributed by atoms with Crippen LogP contribution in [0.4, 0.5) is 11.4 Å². The van der Waals surface area contributed by atoms with E-state index in [-0.39, 0.29) is 6.54 Å². The Bertz CT molecular complexity index is 1040. The minimum absolute atomic E-state index is 0.218. The Balaban J connectivity index is 1.49. The van der Waals surface area contributed by atoms with Gasteiger partial charge in [0.05, 0.1) is 5.69 Å². The maximum Gasteiger partial charge on any atom is 0.263 e. The Morgan fingerprint density at radius 1 is 1.17 bits per heavy atom. The SMILES string of the molecule is Cc1ccc(Cl)cc1NC(=O)CN1N=N[C@@H]2C(=O)N(c3ccc(Br)cc3)C(=O)[C@H]21. The van der Waals surface area contributed by atoms with E-state index in [0.29, 0.717) is 16.4 Å². The lowest BCUT2D eigenvalue weighted by Gasteiger charge is -2.20. The third-order valence-electron chi connectivity index (χ3n) is 4.72. The van der Waals surface area contributed by atoms with Crippen LogP contribution < -0.4 is 10.2 Å². The standard InChI is InChI=1S/C19H15BrClN5O3/c1-10-2-5-12(21)8-14(10)22-15(27)9-25-17-16(23-24-25)18(28)26(19(17)29)13-6-3-11(20)4-7-13/h2-8,16-17H,9H2,1H3,(H,22,27)/t16-,17-/m0/s1. The quantitative estimate of drug-likeness (QED) is 0.685. The van der Waals surface area contributed by atoms with E-state index in [0.717, 1.165) is 14.9 Å². The van der Waals surface area contributed by atoms with Crippen LogP contribution in [0.2, 0.25) is 5.02 Å². The minimum atomic E-state index is -0.952. The van der Waals surface area contributed by atoms with Gasteiger partial charge in [-0.25, -0.2) is 4.90 Å².